The number of thioether (sulfide) groups is 1. The van der Waals surface area contributed by atoms with Crippen molar-refractivity contribution in [2.24, 2.45) is 11.8 Å². The van der Waals surface area contributed by atoms with Crippen LogP contribution in [0.1, 0.15) is 62.5 Å². The average Bonchev–Trinajstić information content (AvgIpc) is 3.91. The molecule has 2 aromatic carbocycles. The standard InChI is InChI=1S/C22H28N4O3S2.C22H28N4O2S2/c1-16-4-10-19(11-5-16)31(28,29)26-13-12-20-21(23-15-24-22(20)26)25(2)18-8-6-17(7-9-18)14-30(3)27;1-16-4-10-19(11-5-16)30(27,28)26-13-12-20-21(23-15-24-22(20)26)25(2)18-8-6-17(7-9-18)14-29-3/h4-5,10-13,15,17-18H,6-9,14H2,1-3H3;4-5,10-13,15,17-18H,6-9,14H2,1-3H3. The fourth-order valence-electron chi connectivity index (χ4n) is 8.74. The molecule has 13 nitrogen and oxygen atoms in total. The summed E-state index contributed by atoms with van der Waals surface area (Å²) in [5.41, 5.74) is 2.82. The van der Waals surface area contributed by atoms with Crippen LogP contribution in [0.25, 0.3) is 22.1 Å². The molecule has 6 aromatic rings. The highest BCUT2D eigenvalue weighted by atomic mass is 32.2. The van der Waals surface area contributed by atoms with Crippen LogP contribution in [0.2, 0.25) is 0 Å². The van der Waals surface area contributed by atoms with Gasteiger partial charge in [-0.25, -0.2) is 44.7 Å². The first-order chi connectivity index (χ1) is 29.2. The van der Waals surface area contributed by atoms with Gasteiger partial charge in [-0.2, -0.15) is 11.8 Å². The number of hydrogen-bond donors (Lipinski definition) is 0. The van der Waals surface area contributed by atoms with Crippen LogP contribution in [0.15, 0.2) is 95.5 Å². The summed E-state index contributed by atoms with van der Waals surface area (Å²) < 4.78 is 66.8. The molecule has 1 atom stereocenters. The average molecular weight is 905 g/mol. The lowest BCUT2D eigenvalue weighted by Crippen LogP contribution is -2.36. The number of aryl methyl sites for hydroxylation is 2. The molecule has 4 heterocycles. The molecule has 2 saturated carbocycles. The molecule has 61 heavy (non-hydrogen) atoms. The van der Waals surface area contributed by atoms with Crippen molar-refractivity contribution in [2.75, 3.05) is 47.9 Å². The maximum Gasteiger partial charge on any atom is 0.269 e. The molecule has 0 N–H and O–H groups in total. The van der Waals surface area contributed by atoms with Crippen molar-refractivity contribution in [2.45, 2.75) is 87.1 Å². The van der Waals surface area contributed by atoms with Crippen molar-refractivity contribution in [3.05, 3.63) is 96.8 Å². The largest absolute Gasteiger partial charge is 0.356 e. The van der Waals surface area contributed by atoms with Crippen molar-refractivity contribution in [3.8, 4) is 0 Å². The summed E-state index contributed by atoms with van der Waals surface area (Å²) in [4.78, 5) is 22.5. The van der Waals surface area contributed by atoms with E-state index < -0.39 is 30.8 Å². The predicted octanol–water partition coefficient (Wildman–Crippen LogP) is 7.68. The second-order valence-corrected chi connectivity index (χ2v) is 22.5. The van der Waals surface area contributed by atoms with E-state index in [1.807, 2.05) is 38.7 Å². The van der Waals surface area contributed by atoms with Crippen molar-refractivity contribution < 1.29 is 21.0 Å². The second-order valence-electron chi connectivity index (χ2n) is 16.5. The lowest BCUT2D eigenvalue weighted by Gasteiger charge is -2.35. The van der Waals surface area contributed by atoms with E-state index in [4.69, 9.17) is 0 Å². The fourth-order valence-corrected chi connectivity index (χ4v) is 13.1. The van der Waals surface area contributed by atoms with Crippen molar-refractivity contribution >= 4 is 76.3 Å². The number of fused-ring (bicyclic) bond motifs is 2. The summed E-state index contributed by atoms with van der Waals surface area (Å²) in [5, 5.41) is 1.49. The van der Waals surface area contributed by atoms with Gasteiger partial charge in [-0.05, 0) is 125 Å². The minimum atomic E-state index is -3.75. The topological polar surface area (TPSA) is 153 Å². The molecule has 0 amide bonds. The number of nitrogens with zero attached hydrogens (tertiary/aromatic N) is 8. The number of aromatic nitrogens is 6. The van der Waals surface area contributed by atoms with E-state index in [9.17, 15) is 21.0 Å². The van der Waals surface area contributed by atoms with Crippen LogP contribution in [0.3, 0.4) is 0 Å². The Morgan fingerprint density at radius 1 is 0.623 bits per heavy atom. The third-order valence-corrected chi connectivity index (χ3v) is 17.4. The van der Waals surface area contributed by atoms with Crippen LogP contribution < -0.4 is 9.80 Å². The fraction of sp³-hybridized carbons (Fsp3) is 0.455. The zero-order valence-corrected chi connectivity index (χ0v) is 39.0. The number of rotatable bonds is 12. The van der Waals surface area contributed by atoms with E-state index >= 15 is 0 Å². The van der Waals surface area contributed by atoms with E-state index in [2.05, 4.69) is 43.0 Å². The maximum absolute atomic E-state index is 13.2. The molecular weight excluding hydrogens is 849 g/mol. The van der Waals surface area contributed by atoms with Gasteiger partial charge in [0.25, 0.3) is 20.0 Å². The van der Waals surface area contributed by atoms with Gasteiger partial charge in [0.15, 0.2) is 11.3 Å². The third-order valence-electron chi connectivity index (χ3n) is 12.3. The van der Waals surface area contributed by atoms with Crippen LogP contribution in [-0.4, -0.2) is 99.1 Å². The zero-order chi connectivity index (χ0) is 43.5. The van der Waals surface area contributed by atoms with Crippen LogP contribution in [0.5, 0.6) is 0 Å². The highest BCUT2D eigenvalue weighted by Crippen LogP contribution is 2.35. The van der Waals surface area contributed by atoms with Crippen molar-refractivity contribution in [3.63, 3.8) is 0 Å². The molecule has 1 unspecified atom stereocenters. The molecule has 0 saturated heterocycles. The molecule has 0 bridgehead atoms. The Balaban J connectivity index is 0.000000184. The second kappa shape index (κ2) is 19.0. The highest BCUT2D eigenvalue weighted by Gasteiger charge is 2.29. The Labute approximate surface area is 367 Å². The molecular formula is C44H56N8O5S4. The van der Waals surface area contributed by atoms with Gasteiger partial charge in [-0.1, -0.05) is 35.4 Å². The van der Waals surface area contributed by atoms with Gasteiger partial charge < -0.3 is 9.80 Å². The molecule has 4 aromatic heterocycles. The summed E-state index contributed by atoms with van der Waals surface area (Å²) in [5.74, 6) is 4.86. The first-order valence-corrected chi connectivity index (χ1v) is 26.7. The lowest BCUT2D eigenvalue weighted by molar-refractivity contribution is 0.343. The van der Waals surface area contributed by atoms with E-state index in [0.29, 0.717) is 29.3 Å². The molecule has 2 fully saturated rings. The van der Waals surface area contributed by atoms with Crippen LogP contribution in [0.4, 0.5) is 11.6 Å². The van der Waals surface area contributed by atoms with Crippen LogP contribution in [0, 0.1) is 25.7 Å². The molecule has 2 aliphatic rings. The van der Waals surface area contributed by atoms with Crippen molar-refractivity contribution in [1.29, 1.82) is 0 Å². The SMILES string of the molecule is CSCC1CCC(N(C)c2ncnc3c2ccn3S(=O)(=O)c2ccc(C)cc2)CC1.Cc1ccc(S(=O)(=O)n2ccc3c(N(C)C4CCC(CS(C)=O)CC4)ncnc32)cc1. The molecule has 0 radical (unpaired) electrons. The summed E-state index contributed by atoms with van der Waals surface area (Å²) in [6, 6.07) is 18.0. The Bertz CT molecular complexity index is 2690. The van der Waals surface area contributed by atoms with E-state index in [1.165, 1.54) is 39.2 Å². The van der Waals surface area contributed by atoms with Gasteiger partial charge in [0.05, 0.1) is 20.6 Å². The van der Waals surface area contributed by atoms with E-state index in [-0.39, 0.29) is 9.79 Å². The minimum absolute atomic E-state index is 0.232. The number of hydrogen-bond acceptors (Lipinski definition) is 12. The lowest BCUT2D eigenvalue weighted by atomic mass is 9.86. The first-order valence-electron chi connectivity index (χ1n) is 20.7. The van der Waals surface area contributed by atoms with Gasteiger partial charge in [0, 0.05) is 61.4 Å². The third kappa shape index (κ3) is 9.69. The normalized spacial score (nSPS) is 20.2. The van der Waals surface area contributed by atoms with Gasteiger partial charge >= 0.3 is 0 Å². The summed E-state index contributed by atoms with van der Waals surface area (Å²) in [7, 11) is -4.14. The quantitative estimate of drug-likeness (QED) is 0.118. The van der Waals surface area contributed by atoms with Crippen molar-refractivity contribution in [1.82, 2.24) is 27.9 Å². The van der Waals surface area contributed by atoms with Crippen LogP contribution in [-0.2, 0) is 30.8 Å². The van der Waals surface area contributed by atoms with Crippen LogP contribution >= 0.6 is 11.8 Å². The molecule has 0 spiro atoms. The first kappa shape index (κ1) is 44.7. The Kier molecular flexibility index (Phi) is 13.9. The summed E-state index contributed by atoms with van der Waals surface area (Å²) in [6.45, 7) is 3.86. The molecule has 0 aliphatic heterocycles. The zero-order valence-electron chi connectivity index (χ0n) is 35.7. The molecule has 17 heteroatoms. The van der Waals surface area contributed by atoms with E-state index in [1.54, 1.807) is 73.2 Å². The molecule has 8 rings (SSSR count). The predicted molar refractivity (Wildman–Crippen MR) is 248 cm³/mol. The molecule has 326 valence electrons. The smallest absolute Gasteiger partial charge is 0.269 e. The van der Waals surface area contributed by atoms with Gasteiger partial charge in [-0.15, -0.1) is 0 Å². The highest BCUT2D eigenvalue weighted by molar-refractivity contribution is 7.98. The summed E-state index contributed by atoms with van der Waals surface area (Å²) >= 11 is 1.93. The van der Waals surface area contributed by atoms with Gasteiger partial charge in [0.1, 0.15) is 24.3 Å². The monoisotopic (exact) mass is 904 g/mol. The van der Waals surface area contributed by atoms with Gasteiger partial charge in [-0.3, -0.25) is 4.21 Å². The Morgan fingerprint density at radius 2 is 1.02 bits per heavy atom. The maximum atomic E-state index is 13.2. The number of benzene rings is 2. The summed E-state index contributed by atoms with van der Waals surface area (Å²) in [6.07, 6.45) is 18.8. The van der Waals surface area contributed by atoms with Gasteiger partial charge in [0.2, 0.25) is 0 Å². The minimum Gasteiger partial charge on any atom is -0.356 e. The van der Waals surface area contributed by atoms with E-state index in [0.717, 1.165) is 83.7 Å². The molecule has 2 aliphatic carbocycles. The number of anilines is 2. The Hall–Kier alpha value is -4.32. The Morgan fingerprint density at radius 3 is 1.39 bits per heavy atom.